The van der Waals surface area contributed by atoms with Crippen LogP contribution in [0.2, 0.25) is 0 Å². The predicted octanol–water partition coefficient (Wildman–Crippen LogP) is 0.326. The molecule has 3 rings (SSSR count). The zero-order valence-electron chi connectivity index (χ0n) is 10.2. The molecular formula is C11H8N4O5Se. The number of hydrogen-bond acceptors (Lipinski definition) is 8. The molecule has 108 valence electrons. The Morgan fingerprint density at radius 3 is 2.52 bits per heavy atom. The van der Waals surface area contributed by atoms with E-state index >= 15 is 0 Å². The van der Waals surface area contributed by atoms with Gasteiger partial charge in [-0.2, -0.15) is 0 Å². The molecule has 0 bridgehead atoms. The van der Waals surface area contributed by atoms with Crippen LogP contribution >= 0.6 is 0 Å². The van der Waals surface area contributed by atoms with E-state index in [1.54, 1.807) is 0 Å². The predicted molar refractivity (Wildman–Crippen MR) is 71.0 cm³/mol. The first-order valence-corrected chi connectivity index (χ1v) is 7.20. The molecule has 0 amide bonds. The summed E-state index contributed by atoms with van der Waals surface area (Å²) in [5.74, 6) is -1.91. The van der Waals surface area contributed by atoms with E-state index in [9.17, 15) is 25.4 Å². The number of fused-ring (bicyclic) bond motifs is 1. The minimum atomic E-state index is -1.05. The summed E-state index contributed by atoms with van der Waals surface area (Å²) < 4.78 is 8.22. The third-order valence-corrected chi connectivity index (χ3v) is 4.20. The van der Waals surface area contributed by atoms with Crippen LogP contribution in [0, 0.1) is 10.1 Å². The molecule has 2 aromatic rings. The molecule has 1 atom stereocenters. The first-order chi connectivity index (χ1) is 9.99. The van der Waals surface area contributed by atoms with E-state index in [0.717, 1.165) is 18.3 Å². The third-order valence-electron chi connectivity index (χ3n) is 3.06. The molecule has 1 unspecified atom stereocenters. The summed E-state index contributed by atoms with van der Waals surface area (Å²) >= 11 is -0.433. The van der Waals surface area contributed by atoms with Crippen LogP contribution in [0.5, 0.6) is 17.2 Å². The molecule has 2 heterocycles. The van der Waals surface area contributed by atoms with Crippen LogP contribution in [0.4, 0.5) is 5.82 Å². The number of anilines is 1. The van der Waals surface area contributed by atoms with Gasteiger partial charge in [0.1, 0.15) is 0 Å². The van der Waals surface area contributed by atoms with Crippen molar-refractivity contribution in [2.24, 2.45) is 0 Å². The number of nitro groups is 1. The van der Waals surface area contributed by atoms with Crippen LogP contribution in [0.3, 0.4) is 0 Å². The van der Waals surface area contributed by atoms with Crippen molar-refractivity contribution >= 4 is 20.8 Å². The molecule has 0 saturated carbocycles. The van der Waals surface area contributed by atoms with E-state index in [1.165, 1.54) is 0 Å². The third kappa shape index (κ3) is 2.10. The number of hydrogen-bond donors (Lipinski definition) is 4. The fraction of sp³-hybridized carbons (Fsp3) is 0.0909. The second-order valence-corrected chi connectivity index (χ2v) is 5.41. The van der Waals surface area contributed by atoms with Gasteiger partial charge in [-0.25, -0.2) is 0 Å². The van der Waals surface area contributed by atoms with Crippen molar-refractivity contribution < 1.29 is 20.2 Å². The fourth-order valence-electron chi connectivity index (χ4n) is 2.20. The summed E-state index contributed by atoms with van der Waals surface area (Å²) in [7, 11) is 0. The molecule has 21 heavy (non-hydrogen) atoms. The quantitative estimate of drug-likeness (QED) is 0.343. The molecule has 9 nitrogen and oxygen atoms in total. The number of nitrogens with zero attached hydrogens (tertiary/aromatic N) is 3. The van der Waals surface area contributed by atoms with E-state index < -0.39 is 37.3 Å². The Bertz CT molecular complexity index is 749. The maximum absolute atomic E-state index is 11.2. The fourth-order valence-corrected chi connectivity index (χ4v) is 3.35. The number of benzene rings is 1. The molecule has 0 saturated heterocycles. The van der Waals surface area contributed by atoms with Crippen LogP contribution in [-0.2, 0) is 0 Å². The summed E-state index contributed by atoms with van der Waals surface area (Å²) in [6.45, 7) is 0. The Morgan fingerprint density at radius 1 is 1.24 bits per heavy atom. The van der Waals surface area contributed by atoms with Crippen molar-refractivity contribution in [3.8, 4) is 17.2 Å². The van der Waals surface area contributed by atoms with Gasteiger partial charge < -0.3 is 0 Å². The zero-order valence-corrected chi connectivity index (χ0v) is 11.9. The van der Waals surface area contributed by atoms with Gasteiger partial charge in [0.15, 0.2) is 0 Å². The molecule has 1 aliphatic rings. The first kappa shape index (κ1) is 13.4. The van der Waals surface area contributed by atoms with Gasteiger partial charge in [0.25, 0.3) is 0 Å². The molecule has 0 spiro atoms. The van der Waals surface area contributed by atoms with Crippen molar-refractivity contribution in [3.05, 3.63) is 45.4 Å². The number of nitrogens with one attached hydrogen (secondary N) is 1. The molecule has 0 fully saturated rings. The summed E-state index contributed by atoms with van der Waals surface area (Å²) in [4.78, 5) is 10.6. The normalized spacial score (nSPS) is 16.8. The van der Waals surface area contributed by atoms with Gasteiger partial charge in [0.2, 0.25) is 0 Å². The number of aromatic nitrogens is 2. The van der Waals surface area contributed by atoms with Gasteiger partial charge in [0.05, 0.1) is 0 Å². The average Bonchev–Trinajstić information content (AvgIpc) is 2.85. The summed E-state index contributed by atoms with van der Waals surface area (Å²) in [6.07, 6.45) is 1.16. The molecule has 1 aliphatic heterocycles. The maximum atomic E-state index is 11.2. The number of aromatic hydroxyl groups is 3. The molecule has 0 aliphatic carbocycles. The number of allylic oxidation sites excluding steroid dienone is 1. The van der Waals surface area contributed by atoms with Crippen LogP contribution in [0.1, 0.15) is 17.2 Å². The van der Waals surface area contributed by atoms with E-state index in [1.807, 2.05) is 0 Å². The zero-order chi connectivity index (χ0) is 15.1. The topological polar surface area (TPSA) is 142 Å². The first-order valence-electron chi connectivity index (χ1n) is 5.67. The van der Waals surface area contributed by atoms with Crippen molar-refractivity contribution in [1.29, 1.82) is 0 Å². The van der Waals surface area contributed by atoms with Gasteiger partial charge in [-0.15, -0.1) is 0 Å². The van der Waals surface area contributed by atoms with Crippen molar-refractivity contribution in [2.75, 3.05) is 5.32 Å². The van der Waals surface area contributed by atoms with Crippen molar-refractivity contribution in [3.63, 3.8) is 0 Å². The van der Waals surface area contributed by atoms with Crippen LogP contribution < -0.4 is 5.32 Å². The molecule has 1 aromatic heterocycles. The Hall–Kier alpha value is -2.58. The van der Waals surface area contributed by atoms with Crippen LogP contribution in [0.25, 0.3) is 0 Å². The summed E-state index contributed by atoms with van der Waals surface area (Å²) in [5, 5.41) is 43.2. The molecule has 1 aromatic carbocycles. The van der Waals surface area contributed by atoms with E-state index in [0.29, 0.717) is 11.5 Å². The van der Waals surface area contributed by atoms with Gasteiger partial charge >= 0.3 is 123 Å². The molecular weight excluding hydrogens is 347 g/mol. The van der Waals surface area contributed by atoms with E-state index in [-0.39, 0.29) is 17.0 Å². The van der Waals surface area contributed by atoms with Crippen LogP contribution in [-0.4, -0.2) is 43.2 Å². The van der Waals surface area contributed by atoms with Gasteiger partial charge in [0, 0.05) is 0 Å². The Morgan fingerprint density at radius 2 is 1.90 bits per heavy atom. The van der Waals surface area contributed by atoms with Gasteiger partial charge in [-0.05, 0) is 0 Å². The summed E-state index contributed by atoms with van der Waals surface area (Å²) in [5.41, 5.74) is -0.0661. The van der Waals surface area contributed by atoms with Gasteiger partial charge in [-0.3, -0.25) is 0 Å². The second-order valence-electron chi connectivity index (χ2n) is 4.30. The van der Waals surface area contributed by atoms with Gasteiger partial charge in [-0.1, -0.05) is 0 Å². The molecule has 10 heteroatoms. The standard InChI is InChI=1S/C11H8N4O5Se/c16-4-1-6(17)9(7(18)2-4)8-5(15(19)20)3-12-11-10(8)13-21-14-11/h1-3,8,16-18H,(H,12,14). The Labute approximate surface area is 123 Å². The second kappa shape index (κ2) is 4.76. The number of rotatable bonds is 2. The van der Waals surface area contributed by atoms with E-state index in [2.05, 4.69) is 13.3 Å². The SMILES string of the molecule is O=[N+]([O-])C1=CNc2n[se]nc2C1c1c(O)cc(O)cc1O. The minimum absolute atomic E-state index is 0.0820. The van der Waals surface area contributed by atoms with E-state index in [4.69, 9.17) is 0 Å². The van der Waals surface area contributed by atoms with Crippen molar-refractivity contribution in [1.82, 2.24) is 7.96 Å². The summed E-state index contributed by atoms with van der Waals surface area (Å²) in [6, 6.07) is 2.01. The monoisotopic (exact) mass is 356 g/mol. The van der Waals surface area contributed by atoms with Crippen molar-refractivity contribution in [2.45, 2.75) is 5.92 Å². The molecule has 4 N–H and O–H groups in total. The Balaban J connectivity index is 2.25. The number of phenolic OH excluding ortho intramolecular Hbond substituents is 3. The van der Waals surface area contributed by atoms with Crippen LogP contribution in [0.15, 0.2) is 24.0 Å². The number of phenols is 3. The molecule has 0 radical (unpaired) electrons. The average molecular weight is 355 g/mol. The Kier molecular flexibility index (Phi) is 3.04.